The predicted octanol–water partition coefficient (Wildman–Crippen LogP) is 2.86. The van der Waals surface area contributed by atoms with Gasteiger partial charge < -0.3 is 5.73 Å². The molecule has 2 aromatic rings. The molecule has 94 valence electrons. The van der Waals surface area contributed by atoms with E-state index in [1.165, 1.54) is 6.07 Å². The summed E-state index contributed by atoms with van der Waals surface area (Å²) in [4.78, 5) is 0. The maximum Gasteiger partial charge on any atom is 0.129 e. The number of hydrogen-bond acceptors (Lipinski definition) is 2. The molecule has 0 fully saturated rings. The van der Waals surface area contributed by atoms with E-state index in [0.29, 0.717) is 17.0 Å². The molecule has 0 spiro atoms. The van der Waals surface area contributed by atoms with Crippen molar-refractivity contribution in [2.75, 3.05) is 5.73 Å². The monoisotopic (exact) mass is 263 g/mol. The quantitative estimate of drug-likeness (QED) is 0.862. The van der Waals surface area contributed by atoms with E-state index in [4.69, 9.17) is 5.73 Å². The molecule has 0 saturated carbocycles. The molecule has 0 aliphatic rings. The normalized spacial score (nSPS) is 12.3. The van der Waals surface area contributed by atoms with Crippen molar-refractivity contribution in [3.63, 3.8) is 0 Å². The van der Waals surface area contributed by atoms with E-state index in [1.807, 2.05) is 30.3 Å². The third kappa shape index (κ3) is 3.40. The molecule has 0 aromatic heterocycles. The van der Waals surface area contributed by atoms with Crippen molar-refractivity contribution in [2.45, 2.75) is 11.5 Å². The Morgan fingerprint density at radius 1 is 1.06 bits per heavy atom. The SMILES string of the molecule is Nc1ccc(CS(=O)Cc2ccccc2)c(F)c1. The molecular weight excluding hydrogens is 249 g/mol. The van der Waals surface area contributed by atoms with Gasteiger partial charge in [0.1, 0.15) is 5.82 Å². The number of nitrogen functional groups attached to an aromatic ring is 1. The second kappa shape index (κ2) is 5.78. The molecule has 0 aliphatic heterocycles. The first-order valence-corrected chi connectivity index (χ1v) is 7.07. The van der Waals surface area contributed by atoms with Crippen LogP contribution < -0.4 is 5.73 Å². The minimum atomic E-state index is -1.12. The molecule has 4 heteroatoms. The van der Waals surface area contributed by atoms with Gasteiger partial charge in [-0.1, -0.05) is 36.4 Å². The zero-order valence-corrected chi connectivity index (χ0v) is 10.6. The topological polar surface area (TPSA) is 43.1 Å². The van der Waals surface area contributed by atoms with Gasteiger partial charge >= 0.3 is 0 Å². The van der Waals surface area contributed by atoms with Gasteiger partial charge in [0.15, 0.2) is 0 Å². The van der Waals surface area contributed by atoms with Gasteiger partial charge in [-0.25, -0.2) is 4.39 Å². The maximum atomic E-state index is 13.5. The second-order valence-electron chi connectivity index (χ2n) is 4.06. The highest BCUT2D eigenvalue weighted by Crippen LogP contribution is 2.15. The van der Waals surface area contributed by atoms with Crippen molar-refractivity contribution in [1.29, 1.82) is 0 Å². The molecule has 2 aromatic carbocycles. The van der Waals surface area contributed by atoms with Crippen LogP contribution in [0.25, 0.3) is 0 Å². The van der Waals surface area contributed by atoms with E-state index < -0.39 is 16.6 Å². The standard InChI is InChI=1S/C14H14FNOS/c15-14-8-13(16)7-6-12(14)10-18(17)9-11-4-2-1-3-5-11/h1-8H,9-10,16H2. The molecule has 0 radical (unpaired) electrons. The average molecular weight is 263 g/mol. The van der Waals surface area contributed by atoms with Gasteiger partial charge in [0, 0.05) is 27.8 Å². The Hall–Kier alpha value is -1.68. The smallest absolute Gasteiger partial charge is 0.129 e. The van der Waals surface area contributed by atoms with Crippen LogP contribution in [0.3, 0.4) is 0 Å². The van der Waals surface area contributed by atoms with Crippen molar-refractivity contribution in [3.05, 3.63) is 65.5 Å². The van der Waals surface area contributed by atoms with Gasteiger partial charge in [-0.05, 0) is 17.7 Å². The molecule has 18 heavy (non-hydrogen) atoms. The Balaban J connectivity index is 2.03. The highest BCUT2D eigenvalue weighted by Gasteiger charge is 2.08. The average Bonchev–Trinajstić information content (AvgIpc) is 2.34. The fourth-order valence-corrected chi connectivity index (χ4v) is 2.91. The first-order valence-electron chi connectivity index (χ1n) is 5.58. The zero-order valence-electron chi connectivity index (χ0n) is 9.80. The fourth-order valence-electron chi connectivity index (χ4n) is 1.67. The Morgan fingerprint density at radius 3 is 2.44 bits per heavy atom. The van der Waals surface area contributed by atoms with E-state index in [-0.39, 0.29) is 5.75 Å². The van der Waals surface area contributed by atoms with E-state index in [2.05, 4.69) is 0 Å². The van der Waals surface area contributed by atoms with Crippen molar-refractivity contribution in [2.24, 2.45) is 0 Å². The number of hydrogen-bond donors (Lipinski definition) is 1. The highest BCUT2D eigenvalue weighted by atomic mass is 32.2. The Labute approximate surface area is 108 Å². The summed E-state index contributed by atoms with van der Waals surface area (Å²) >= 11 is 0. The lowest BCUT2D eigenvalue weighted by Crippen LogP contribution is -2.02. The van der Waals surface area contributed by atoms with Crippen molar-refractivity contribution in [3.8, 4) is 0 Å². The van der Waals surface area contributed by atoms with Gasteiger partial charge in [0.25, 0.3) is 0 Å². The van der Waals surface area contributed by atoms with Gasteiger partial charge in [-0.3, -0.25) is 4.21 Å². The van der Waals surface area contributed by atoms with Crippen molar-refractivity contribution >= 4 is 16.5 Å². The summed E-state index contributed by atoms with van der Waals surface area (Å²) in [6.45, 7) is 0. The lowest BCUT2D eigenvalue weighted by atomic mass is 10.2. The third-order valence-electron chi connectivity index (χ3n) is 2.56. The highest BCUT2D eigenvalue weighted by molar-refractivity contribution is 7.83. The molecule has 0 aliphatic carbocycles. The number of nitrogens with two attached hydrogens (primary N) is 1. The number of benzene rings is 2. The van der Waals surface area contributed by atoms with Crippen LogP contribution in [0.4, 0.5) is 10.1 Å². The summed E-state index contributed by atoms with van der Waals surface area (Å²) in [5.41, 5.74) is 7.28. The molecule has 0 saturated heterocycles. The Bertz CT molecular complexity index is 557. The molecular formula is C14H14FNOS. The number of anilines is 1. The van der Waals surface area contributed by atoms with Crippen LogP contribution in [0.2, 0.25) is 0 Å². The third-order valence-corrected chi connectivity index (χ3v) is 3.85. The van der Waals surface area contributed by atoms with Crippen LogP contribution in [0.5, 0.6) is 0 Å². The lowest BCUT2D eigenvalue weighted by Gasteiger charge is -2.05. The van der Waals surface area contributed by atoms with Crippen molar-refractivity contribution in [1.82, 2.24) is 0 Å². The van der Waals surface area contributed by atoms with E-state index in [0.717, 1.165) is 5.56 Å². The zero-order chi connectivity index (χ0) is 13.0. The first-order chi connectivity index (χ1) is 8.65. The minimum absolute atomic E-state index is 0.209. The second-order valence-corrected chi connectivity index (χ2v) is 5.52. The van der Waals surface area contributed by atoms with Crippen LogP contribution >= 0.6 is 0 Å². The molecule has 2 N–H and O–H groups in total. The van der Waals surface area contributed by atoms with Crippen LogP contribution in [-0.4, -0.2) is 4.21 Å². The summed E-state index contributed by atoms with van der Waals surface area (Å²) in [7, 11) is -1.12. The van der Waals surface area contributed by atoms with Gasteiger partial charge in [-0.15, -0.1) is 0 Å². The van der Waals surface area contributed by atoms with E-state index in [9.17, 15) is 8.60 Å². The molecule has 2 rings (SSSR count). The summed E-state index contributed by atoms with van der Waals surface area (Å²) < 4.78 is 25.5. The van der Waals surface area contributed by atoms with Crippen LogP contribution in [0, 0.1) is 5.82 Å². The van der Waals surface area contributed by atoms with Crippen LogP contribution in [0.1, 0.15) is 11.1 Å². The summed E-state index contributed by atoms with van der Waals surface area (Å²) in [5.74, 6) is 0.252. The lowest BCUT2D eigenvalue weighted by molar-refractivity contribution is 0.616. The van der Waals surface area contributed by atoms with Crippen LogP contribution in [0.15, 0.2) is 48.5 Å². The summed E-state index contributed by atoms with van der Waals surface area (Å²) in [6.07, 6.45) is 0. The van der Waals surface area contributed by atoms with Gasteiger partial charge in [0.2, 0.25) is 0 Å². The number of halogens is 1. The van der Waals surface area contributed by atoms with E-state index >= 15 is 0 Å². The molecule has 1 unspecified atom stereocenters. The predicted molar refractivity (Wildman–Crippen MR) is 72.8 cm³/mol. The van der Waals surface area contributed by atoms with Gasteiger partial charge in [-0.2, -0.15) is 0 Å². The van der Waals surface area contributed by atoms with E-state index in [1.54, 1.807) is 12.1 Å². The Morgan fingerprint density at radius 2 is 1.78 bits per heavy atom. The first kappa shape index (κ1) is 12.8. The van der Waals surface area contributed by atoms with Gasteiger partial charge in [0.05, 0.1) is 5.75 Å². The summed E-state index contributed by atoms with van der Waals surface area (Å²) in [6, 6.07) is 14.0. The molecule has 0 heterocycles. The largest absolute Gasteiger partial charge is 0.399 e. The Kier molecular flexibility index (Phi) is 4.10. The summed E-state index contributed by atoms with van der Waals surface area (Å²) in [5, 5.41) is 0. The molecule has 0 bridgehead atoms. The maximum absolute atomic E-state index is 13.5. The van der Waals surface area contributed by atoms with Crippen LogP contribution in [-0.2, 0) is 22.3 Å². The minimum Gasteiger partial charge on any atom is -0.399 e. The molecule has 1 atom stereocenters. The molecule has 0 amide bonds. The number of rotatable bonds is 4. The van der Waals surface area contributed by atoms with Crippen molar-refractivity contribution < 1.29 is 8.60 Å². The fraction of sp³-hybridized carbons (Fsp3) is 0.143. The molecule has 2 nitrogen and oxygen atoms in total.